The number of nitrogens with zero attached hydrogens (tertiary/aromatic N) is 4. The summed E-state index contributed by atoms with van der Waals surface area (Å²) in [5.74, 6) is -0.367. The Labute approximate surface area is 162 Å². The number of thiophene rings is 1. The molecule has 0 aliphatic heterocycles. The lowest BCUT2D eigenvalue weighted by Gasteiger charge is -2.18. The maximum absolute atomic E-state index is 11.4. The normalized spacial score (nSPS) is 16.6. The SMILES string of the molecule is O=C(O)C1CCc2c(sc3ncnc(Nc4ccn5nccc5c4Cl)c23)C1. The number of rotatable bonds is 3. The highest BCUT2D eigenvalue weighted by molar-refractivity contribution is 7.19. The Hall–Kier alpha value is -2.71. The number of fused-ring (bicyclic) bond motifs is 4. The smallest absolute Gasteiger partial charge is 0.306 e. The van der Waals surface area contributed by atoms with E-state index in [1.165, 1.54) is 6.33 Å². The van der Waals surface area contributed by atoms with Crippen LogP contribution < -0.4 is 5.32 Å². The van der Waals surface area contributed by atoms with E-state index in [0.29, 0.717) is 30.1 Å². The Morgan fingerprint density at radius 1 is 1.37 bits per heavy atom. The molecule has 2 N–H and O–H groups in total. The molecule has 1 unspecified atom stereocenters. The van der Waals surface area contributed by atoms with E-state index in [1.54, 1.807) is 22.0 Å². The molecule has 1 aliphatic rings. The van der Waals surface area contributed by atoms with E-state index in [4.69, 9.17) is 11.6 Å². The molecule has 0 bridgehead atoms. The van der Waals surface area contributed by atoms with Crippen molar-refractivity contribution in [2.75, 3.05) is 5.32 Å². The Kier molecular flexibility index (Phi) is 3.76. The van der Waals surface area contributed by atoms with Crippen LogP contribution in [-0.2, 0) is 17.6 Å². The summed E-state index contributed by atoms with van der Waals surface area (Å²) in [4.78, 5) is 22.1. The van der Waals surface area contributed by atoms with E-state index in [1.807, 2.05) is 18.3 Å². The van der Waals surface area contributed by atoms with Gasteiger partial charge in [-0.1, -0.05) is 11.6 Å². The number of aliphatic carboxylic acids is 1. The van der Waals surface area contributed by atoms with Gasteiger partial charge in [0.25, 0.3) is 0 Å². The van der Waals surface area contributed by atoms with Crippen molar-refractivity contribution in [2.24, 2.45) is 5.92 Å². The predicted octanol–water partition coefficient (Wildman–Crippen LogP) is 3.93. The summed E-state index contributed by atoms with van der Waals surface area (Å²) in [7, 11) is 0. The molecule has 0 fully saturated rings. The number of carboxylic acids is 1. The van der Waals surface area contributed by atoms with Gasteiger partial charge in [-0.05, 0) is 37.0 Å². The largest absolute Gasteiger partial charge is 0.481 e. The van der Waals surface area contributed by atoms with Crippen LogP contribution in [0.5, 0.6) is 0 Å². The van der Waals surface area contributed by atoms with E-state index in [9.17, 15) is 9.90 Å². The van der Waals surface area contributed by atoms with Crippen molar-refractivity contribution in [3.05, 3.63) is 46.3 Å². The molecule has 5 rings (SSSR count). The summed E-state index contributed by atoms with van der Waals surface area (Å²) in [5.41, 5.74) is 2.70. The second kappa shape index (κ2) is 6.17. The third kappa shape index (κ3) is 2.64. The molecule has 0 radical (unpaired) electrons. The van der Waals surface area contributed by atoms with Crippen LogP contribution in [0, 0.1) is 5.92 Å². The molecule has 0 saturated heterocycles. The van der Waals surface area contributed by atoms with Crippen LogP contribution in [0.25, 0.3) is 15.7 Å². The molecule has 9 heteroatoms. The zero-order chi connectivity index (χ0) is 18.5. The molecule has 0 aromatic carbocycles. The average Bonchev–Trinajstić information content (AvgIpc) is 3.28. The Morgan fingerprint density at radius 3 is 3.11 bits per heavy atom. The second-order valence-electron chi connectivity index (χ2n) is 6.51. The number of carboxylic acid groups (broad SMARTS) is 1. The van der Waals surface area contributed by atoms with Crippen LogP contribution in [-0.4, -0.2) is 30.7 Å². The number of pyridine rings is 1. The number of aryl methyl sites for hydroxylation is 1. The zero-order valence-corrected chi connectivity index (χ0v) is 15.6. The van der Waals surface area contributed by atoms with E-state index >= 15 is 0 Å². The highest BCUT2D eigenvalue weighted by Gasteiger charge is 2.28. The molecule has 4 heterocycles. The van der Waals surface area contributed by atoms with Crippen molar-refractivity contribution in [3.63, 3.8) is 0 Å². The Morgan fingerprint density at radius 2 is 2.26 bits per heavy atom. The lowest BCUT2D eigenvalue weighted by Crippen LogP contribution is -2.21. The molecule has 0 saturated carbocycles. The molecule has 4 aromatic heterocycles. The van der Waals surface area contributed by atoms with Crippen LogP contribution in [0.4, 0.5) is 11.5 Å². The number of halogens is 1. The van der Waals surface area contributed by atoms with Crippen molar-refractivity contribution in [1.82, 2.24) is 19.6 Å². The Bertz CT molecular complexity index is 1200. The van der Waals surface area contributed by atoms with Gasteiger partial charge >= 0.3 is 5.97 Å². The first-order chi connectivity index (χ1) is 13.1. The van der Waals surface area contributed by atoms with Gasteiger partial charge in [-0.15, -0.1) is 11.3 Å². The lowest BCUT2D eigenvalue weighted by atomic mass is 9.88. The third-order valence-corrected chi connectivity index (χ3v) is 6.52. The quantitative estimate of drug-likeness (QED) is 0.542. The van der Waals surface area contributed by atoms with Gasteiger partial charge in [0.15, 0.2) is 0 Å². The minimum absolute atomic E-state index is 0.325. The number of hydrogen-bond acceptors (Lipinski definition) is 6. The van der Waals surface area contributed by atoms with Crippen molar-refractivity contribution in [3.8, 4) is 0 Å². The predicted molar refractivity (Wildman–Crippen MR) is 104 cm³/mol. The molecule has 27 heavy (non-hydrogen) atoms. The maximum Gasteiger partial charge on any atom is 0.306 e. The number of anilines is 2. The van der Waals surface area contributed by atoms with Crippen LogP contribution >= 0.6 is 22.9 Å². The monoisotopic (exact) mass is 399 g/mol. The Balaban J connectivity index is 1.59. The molecule has 0 amide bonds. The number of nitrogens with one attached hydrogen (secondary N) is 1. The number of aromatic nitrogens is 4. The van der Waals surface area contributed by atoms with Gasteiger partial charge in [-0.25, -0.2) is 14.5 Å². The van der Waals surface area contributed by atoms with Gasteiger partial charge in [0.2, 0.25) is 0 Å². The van der Waals surface area contributed by atoms with Gasteiger partial charge in [0.05, 0.1) is 33.7 Å². The third-order valence-electron chi connectivity index (χ3n) is 4.96. The molecule has 1 atom stereocenters. The van der Waals surface area contributed by atoms with Crippen molar-refractivity contribution >= 4 is 56.1 Å². The van der Waals surface area contributed by atoms with E-state index < -0.39 is 5.97 Å². The molecule has 136 valence electrons. The lowest BCUT2D eigenvalue weighted by molar-refractivity contribution is -0.142. The molecule has 4 aromatic rings. The van der Waals surface area contributed by atoms with E-state index in [-0.39, 0.29) is 5.92 Å². The molecular formula is C18H14ClN5O2S. The van der Waals surface area contributed by atoms with Crippen molar-refractivity contribution in [1.29, 1.82) is 0 Å². The zero-order valence-electron chi connectivity index (χ0n) is 14.0. The van der Waals surface area contributed by atoms with Crippen LogP contribution in [0.1, 0.15) is 16.9 Å². The molecular weight excluding hydrogens is 386 g/mol. The summed E-state index contributed by atoms with van der Waals surface area (Å²) in [5, 5.41) is 18.4. The maximum atomic E-state index is 11.4. The second-order valence-corrected chi connectivity index (χ2v) is 7.98. The molecule has 1 aliphatic carbocycles. The highest BCUT2D eigenvalue weighted by atomic mass is 35.5. The van der Waals surface area contributed by atoms with Crippen molar-refractivity contribution in [2.45, 2.75) is 19.3 Å². The molecule has 0 spiro atoms. The van der Waals surface area contributed by atoms with Gasteiger partial charge in [0.1, 0.15) is 17.0 Å². The summed E-state index contributed by atoms with van der Waals surface area (Å²) >= 11 is 8.08. The first-order valence-corrected chi connectivity index (χ1v) is 9.68. The average molecular weight is 400 g/mol. The standard InChI is InChI=1S/C18H14ClN5O2S/c19-15-11(4-6-24-12(15)3-5-22-24)23-16-14-10-2-1-9(18(25)26)7-13(10)27-17(14)21-8-20-16/h3-6,8-9H,1-2,7H2,(H,25,26)(H,20,21,23). The topological polar surface area (TPSA) is 92.4 Å². The first-order valence-electron chi connectivity index (χ1n) is 8.48. The van der Waals surface area contributed by atoms with Crippen LogP contribution in [0.3, 0.4) is 0 Å². The van der Waals surface area contributed by atoms with Gasteiger partial charge in [0, 0.05) is 11.1 Å². The van der Waals surface area contributed by atoms with Crippen molar-refractivity contribution < 1.29 is 9.90 Å². The minimum atomic E-state index is -0.733. The van der Waals surface area contributed by atoms with Gasteiger partial charge in [-0.2, -0.15) is 5.10 Å². The van der Waals surface area contributed by atoms with Crippen LogP contribution in [0.2, 0.25) is 5.02 Å². The summed E-state index contributed by atoms with van der Waals surface area (Å²) in [6.07, 6.45) is 6.94. The summed E-state index contributed by atoms with van der Waals surface area (Å²) < 4.78 is 1.71. The molecule has 7 nitrogen and oxygen atoms in total. The van der Waals surface area contributed by atoms with Gasteiger partial charge < -0.3 is 10.4 Å². The van der Waals surface area contributed by atoms with E-state index in [2.05, 4.69) is 20.4 Å². The number of carbonyl (C=O) groups is 1. The number of hydrogen-bond donors (Lipinski definition) is 2. The fourth-order valence-electron chi connectivity index (χ4n) is 3.60. The summed E-state index contributed by atoms with van der Waals surface area (Å²) in [6, 6.07) is 3.71. The highest BCUT2D eigenvalue weighted by Crippen LogP contribution is 2.41. The van der Waals surface area contributed by atoms with Crippen LogP contribution in [0.15, 0.2) is 30.9 Å². The van der Waals surface area contributed by atoms with E-state index in [0.717, 1.165) is 31.9 Å². The van der Waals surface area contributed by atoms with Gasteiger partial charge in [-0.3, -0.25) is 4.79 Å². The fourth-order valence-corrected chi connectivity index (χ4v) is 5.13. The minimum Gasteiger partial charge on any atom is -0.481 e. The first kappa shape index (κ1) is 16.5. The fraction of sp³-hybridized carbons (Fsp3) is 0.222. The summed E-state index contributed by atoms with van der Waals surface area (Å²) in [6.45, 7) is 0.